The molecule has 1 fully saturated rings. The third-order valence-corrected chi connectivity index (χ3v) is 3.55. The monoisotopic (exact) mass is 287 g/mol. The van der Waals surface area contributed by atoms with Crippen LogP contribution in [0.5, 0.6) is 0 Å². The number of nitrogens with zero attached hydrogens (tertiary/aromatic N) is 2. The zero-order chi connectivity index (χ0) is 14.6. The molecule has 1 aliphatic heterocycles. The molecule has 1 unspecified atom stereocenters. The van der Waals surface area contributed by atoms with E-state index in [-0.39, 0.29) is 0 Å². The fraction of sp³-hybridized carbons (Fsp3) is 0.643. The van der Waals surface area contributed by atoms with Crippen LogP contribution in [-0.4, -0.2) is 31.2 Å². The highest BCUT2D eigenvalue weighted by atomic mass is 19.4. The van der Waals surface area contributed by atoms with Gasteiger partial charge < -0.3 is 10.2 Å². The number of piperidine rings is 1. The van der Waals surface area contributed by atoms with Gasteiger partial charge in [-0.25, -0.2) is 4.98 Å². The van der Waals surface area contributed by atoms with Gasteiger partial charge in [0.15, 0.2) is 0 Å². The van der Waals surface area contributed by atoms with Gasteiger partial charge in [0.25, 0.3) is 0 Å². The van der Waals surface area contributed by atoms with Gasteiger partial charge in [-0.2, -0.15) is 13.2 Å². The number of anilines is 1. The summed E-state index contributed by atoms with van der Waals surface area (Å²) in [5.41, 5.74) is -0.816. The Kier molecular flexibility index (Phi) is 4.86. The van der Waals surface area contributed by atoms with E-state index in [1.165, 1.54) is 6.07 Å². The number of hydrogen-bond donors (Lipinski definition) is 1. The fourth-order valence-corrected chi connectivity index (χ4v) is 2.55. The summed E-state index contributed by atoms with van der Waals surface area (Å²) in [5.74, 6) is 0.904. The molecule has 2 rings (SSSR count). The molecule has 0 bridgehead atoms. The van der Waals surface area contributed by atoms with E-state index in [4.69, 9.17) is 0 Å². The molecule has 1 N–H and O–H groups in total. The van der Waals surface area contributed by atoms with Gasteiger partial charge in [-0.15, -0.1) is 0 Å². The number of pyridine rings is 1. The van der Waals surface area contributed by atoms with E-state index < -0.39 is 11.9 Å². The highest BCUT2D eigenvalue weighted by Crippen LogP contribution is 2.29. The Bertz CT molecular complexity index is 434. The van der Waals surface area contributed by atoms with Crippen LogP contribution in [0, 0.1) is 5.92 Å². The van der Waals surface area contributed by atoms with E-state index in [0.717, 1.165) is 45.1 Å². The lowest BCUT2D eigenvalue weighted by Crippen LogP contribution is -2.40. The summed E-state index contributed by atoms with van der Waals surface area (Å²) in [4.78, 5) is 5.72. The first-order valence-electron chi connectivity index (χ1n) is 7.00. The van der Waals surface area contributed by atoms with Crippen molar-refractivity contribution in [2.24, 2.45) is 5.92 Å². The number of hydrogen-bond acceptors (Lipinski definition) is 3. The molecule has 0 aromatic carbocycles. The Balaban J connectivity index is 2.07. The maximum atomic E-state index is 12.7. The minimum Gasteiger partial charge on any atom is -0.356 e. The molecule has 2 heterocycles. The predicted octanol–water partition coefficient (Wildman–Crippen LogP) is 2.93. The van der Waals surface area contributed by atoms with Crippen molar-refractivity contribution < 1.29 is 13.2 Å². The van der Waals surface area contributed by atoms with Crippen LogP contribution in [0.25, 0.3) is 0 Å². The van der Waals surface area contributed by atoms with Crippen LogP contribution in [0.15, 0.2) is 18.2 Å². The summed E-state index contributed by atoms with van der Waals surface area (Å²) in [6.07, 6.45) is -2.27. The Hall–Kier alpha value is -1.30. The summed E-state index contributed by atoms with van der Waals surface area (Å²) in [6, 6.07) is 4.10. The minimum atomic E-state index is -4.38. The second-order valence-corrected chi connectivity index (χ2v) is 5.14. The summed E-state index contributed by atoms with van der Waals surface area (Å²) in [6.45, 7) is 5.41. The van der Waals surface area contributed by atoms with Crippen LogP contribution < -0.4 is 10.2 Å². The molecular formula is C14H20F3N3. The topological polar surface area (TPSA) is 28.2 Å². The van der Waals surface area contributed by atoms with E-state index in [2.05, 4.69) is 17.2 Å². The average Bonchev–Trinajstić information content (AvgIpc) is 2.45. The van der Waals surface area contributed by atoms with Crippen LogP contribution in [0.2, 0.25) is 0 Å². The van der Waals surface area contributed by atoms with Gasteiger partial charge in [0.05, 0.1) is 0 Å². The zero-order valence-electron chi connectivity index (χ0n) is 11.6. The lowest BCUT2D eigenvalue weighted by atomic mass is 9.98. The normalized spacial score (nSPS) is 20.2. The number of rotatable bonds is 4. The third kappa shape index (κ3) is 3.85. The largest absolute Gasteiger partial charge is 0.433 e. The summed E-state index contributed by atoms with van der Waals surface area (Å²) in [5, 5.41) is 3.30. The predicted molar refractivity (Wildman–Crippen MR) is 72.7 cm³/mol. The molecule has 1 saturated heterocycles. The molecule has 6 heteroatoms. The SMILES string of the molecule is CCNCC1CCCN(c2cccc(C(F)(F)F)n2)C1. The highest BCUT2D eigenvalue weighted by Gasteiger charge is 2.33. The number of halogens is 3. The highest BCUT2D eigenvalue weighted by molar-refractivity contribution is 5.40. The van der Waals surface area contributed by atoms with Crippen molar-refractivity contribution in [3.8, 4) is 0 Å². The summed E-state index contributed by atoms with van der Waals surface area (Å²) in [7, 11) is 0. The molecule has 112 valence electrons. The number of nitrogens with one attached hydrogen (secondary N) is 1. The fourth-order valence-electron chi connectivity index (χ4n) is 2.55. The summed E-state index contributed by atoms with van der Waals surface area (Å²) < 4.78 is 38.1. The second-order valence-electron chi connectivity index (χ2n) is 5.14. The molecule has 3 nitrogen and oxygen atoms in total. The molecule has 1 aromatic rings. The first-order valence-corrected chi connectivity index (χ1v) is 7.00. The molecule has 0 radical (unpaired) electrons. The van der Waals surface area contributed by atoms with Crippen LogP contribution in [-0.2, 0) is 6.18 Å². The molecule has 0 saturated carbocycles. The van der Waals surface area contributed by atoms with E-state index in [9.17, 15) is 13.2 Å². The smallest absolute Gasteiger partial charge is 0.356 e. The van der Waals surface area contributed by atoms with Gasteiger partial charge in [0.2, 0.25) is 0 Å². The molecule has 1 aliphatic rings. The number of aromatic nitrogens is 1. The van der Waals surface area contributed by atoms with Gasteiger partial charge in [-0.05, 0) is 44.0 Å². The quantitative estimate of drug-likeness (QED) is 0.923. The van der Waals surface area contributed by atoms with E-state index in [1.807, 2.05) is 4.90 Å². The molecule has 0 aliphatic carbocycles. The minimum absolute atomic E-state index is 0.432. The Morgan fingerprint density at radius 1 is 1.40 bits per heavy atom. The van der Waals surface area contributed by atoms with Gasteiger partial charge in [0, 0.05) is 13.1 Å². The van der Waals surface area contributed by atoms with Gasteiger partial charge in [-0.3, -0.25) is 0 Å². The molecule has 0 amide bonds. The van der Waals surface area contributed by atoms with Gasteiger partial charge in [-0.1, -0.05) is 13.0 Å². The van der Waals surface area contributed by atoms with Crippen molar-refractivity contribution in [3.05, 3.63) is 23.9 Å². The average molecular weight is 287 g/mol. The van der Waals surface area contributed by atoms with E-state index in [1.54, 1.807) is 6.07 Å². The third-order valence-electron chi connectivity index (χ3n) is 3.55. The standard InChI is InChI=1S/C14H20F3N3/c1-2-18-9-11-5-4-8-20(10-11)13-7-3-6-12(19-13)14(15,16)17/h3,6-7,11,18H,2,4-5,8-10H2,1H3. The molecule has 20 heavy (non-hydrogen) atoms. The lowest BCUT2D eigenvalue weighted by Gasteiger charge is -2.34. The van der Waals surface area contributed by atoms with Gasteiger partial charge in [0.1, 0.15) is 11.5 Å². The van der Waals surface area contributed by atoms with Crippen molar-refractivity contribution in [1.82, 2.24) is 10.3 Å². The summed E-state index contributed by atoms with van der Waals surface area (Å²) >= 11 is 0. The zero-order valence-corrected chi connectivity index (χ0v) is 11.6. The molecular weight excluding hydrogens is 267 g/mol. The Labute approximate surface area is 117 Å². The van der Waals surface area contributed by atoms with E-state index in [0.29, 0.717) is 11.7 Å². The first kappa shape index (κ1) is 15.1. The Morgan fingerprint density at radius 3 is 2.90 bits per heavy atom. The lowest BCUT2D eigenvalue weighted by molar-refractivity contribution is -0.141. The number of alkyl halides is 3. The first-order chi connectivity index (χ1) is 9.50. The van der Waals surface area contributed by atoms with Crippen LogP contribution in [0.4, 0.5) is 19.0 Å². The second kappa shape index (κ2) is 6.43. The van der Waals surface area contributed by atoms with Crippen molar-refractivity contribution in [2.75, 3.05) is 31.1 Å². The maximum absolute atomic E-state index is 12.7. The molecule has 0 spiro atoms. The van der Waals surface area contributed by atoms with Crippen LogP contribution >= 0.6 is 0 Å². The van der Waals surface area contributed by atoms with E-state index >= 15 is 0 Å². The van der Waals surface area contributed by atoms with Crippen molar-refractivity contribution in [2.45, 2.75) is 25.9 Å². The molecule has 1 aromatic heterocycles. The van der Waals surface area contributed by atoms with Crippen molar-refractivity contribution >= 4 is 5.82 Å². The van der Waals surface area contributed by atoms with Gasteiger partial charge >= 0.3 is 6.18 Å². The van der Waals surface area contributed by atoms with Crippen molar-refractivity contribution in [1.29, 1.82) is 0 Å². The molecule has 1 atom stereocenters. The maximum Gasteiger partial charge on any atom is 0.433 e. The van der Waals surface area contributed by atoms with Crippen molar-refractivity contribution in [3.63, 3.8) is 0 Å². The van der Waals surface area contributed by atoms with Crippen LogP contribution in [0.1, 0.15) is 25.5 Å². The van der Waals surface area contributed by atoms with Crippen LogP contribution in [0.3, 0.4) is 0 Å². The Morgan fingerprint density at radius 2 is 2.20 bits per heavy atom.